The highest BCUT2D eigenvalue weighted by atomic mass is 16.5. The van der Waals surface area contributed by atoms with Gasteiger partial charge in [0.15, 0.2) is 0 Å². The van der Waals surface area contributed by atoms with Gasteiger partial charge in [-0.25, -0.2) is 4.79 Å². The summed E-state index contributed by atoms with van der Waals surface area (Å²) in [7, 11) is 0. The van der Waals surface area contributed by atoms with Crippen LogP contribution in [0.3, 0.4) is 0 Å². The predicted molar refractivity (Wildman–Crippen MR) is 56.2 cm³/mol. The lowest BCUT2D eigenvalue weighted by molar-refractivity contribution is -0.148. The maximum absolute atomic E-state index is 11.7. The minimum Gasteiger partial charge on any atom is -0.464 e. The third kappa shape index (κ3) is 2.13. The van der Waals surface area contributed by atoms with Crippen molar-refractivity contribution in [1.82, 2.24) is 5.32 Å². The fraction of sp³-hybridized carbons (Fsp3) is 0.818. The number of nitrogens with one attached hydrogen (secondary N) is 1. The first-order valence-electron chi connectivity index (χ1n) is 5.55. The van der Waals surface area contributed by atoms with E-state index in [2.05, 4.69) is 5.32 Å². The molecule has 1 heterocycles. The van der Waals surface area contributed by atoms with E-state index in [1.54, 1.807) is 6.92 Å². The molecule has 0 aromatic rings. The van der Waals surface area contributed by atoms with Crippen molar-refractivity contribution in [2.45, 2.75) is 46.1 Å². The summed E-state index contributed by atoms with van der Waals surface area (Å²) in [6, 6.07) is -0.458. The molecule has 1 fully saturated rings. The van der Waals surface area contributed by atoms with Crippen LogP contribution < -0.4 is 5.32 Å². The molecule has 1 N–H and O–H groups in total. The van der Waals surface area contributed by atoms with E-state index in [-0.39, 0.29) is 17.3 Å². The van der Waals surface area contributed by atoms with Crippen LogP contribution in [0.5, 0.6) is 0 Å². The molecule has 15 heavy (non-hydrogen) atoms. The van der Waals surface area contributed by atoms with Gasteiger partial charge in [0.25, 0.3) is 0 Å². The molecule has 0 aromatic heterocycles. The molecular formula is C11H19NO3. The third-order valence-corrected chi connectivity index (χ3v) is 3.36. The van der Waals surface area contributed by atoms with Crippen molar-refractivity contribution < 1.29 is 14.3 Å². The Hall–Kier alpha value is -1.06. The summed E-state index contributed by atoms with van der Waals surface area (Å²) in [4.78, 5) is 23.1. The van der Waals surface area contributed by atoms with Gasteiger partial charge in [0.05, 0.1) is 6.61 Å². The van der Waals surface area contributed by atoms with Gasteiger partial charge in [-0.3, -0.25) is 4.79 Å². The van der Waals surface area contributed by atoms with Gasteiger partial charge in [0.2, 0.25) is 5.91 Å². The van der Waals surface area contributed by atoms with Crippen molar-refractivity contribution in [2.75, 3.05) is 6.61 Å². The zero-order valence-electron chi connectivity index (χ0n) is 9.63. The lowest BCUT2D eigenvalue weighted by Gasteiger charge is -2.30. The molecule has 0 aromatic carbocycles. The molecule has 4 heteroatoms. The first kappa shape index (κ1) is 12.0. The Morgan fingerprint density at radius 1 is 1.47 bits per heavy atom. The zero-order valence-corrected chi connectivity index (χ0v) is 9.63. The zero-order chi connectivity index (χ0) is 11.5. The van der Waals surface area contributed by atoms with Crippen LogP contribution in [0.1, 0.15) is 40.0 Å². The van der Waals surface area contributed by atoms with Gasteiger partial charge in [0.1, 0.15) is 6.04 Å². The van der Waals surface area contributed by atoms with Crippen molar-refractivity contribution in [3.8, 4) is 0 Å². The van der Waals surface area contributed by atoms with Crippen LogP contribution in [0, 0.1) is 5.41 Å². The number of carbonyl (C=O) groups is 2. The fourth-order valence-corrected chi connectivity index (χ4v) is 2.23. The smallest absolute Gasteiger partial charge is 0.329 e. The number of hydrogen-bond acceptors (Lipinski definition) is 3. The summed E-state index contributed by atoms with van der Waals surface area (Å²) in [5.74, 6) is -0.344. The first-order chi connectivity index (χ1) is 7.09. The van der Waals surface area contributed by atoms with Crippen LogP contribution in [-0.4, -0.2) is 24.5 Å². The minimum absolute atomic E-state index is 0.0447. The lowest BCUT2D eigenvalue weighted by atomic mass is 9.75. The van der Waals surface area contributed by atoms with Crippen LogP contribution in [0.4, 0.5) is 0 Å². The number of ether oxygens (including phenoxy) is 1. The van der Waals surface area contributed by atoms with Gasteiger partial charge in [-0.1, -0.05) is 13.8 Å². The van der Waals surface area contributed by atoms with E-state index >= 15 is 0 Å². The maximum atomic E-state index is 11.7. The molecule has 0 radical (unpaired) electrons. The molecule has 1 rings (SSSR count). The van der Waals surface area contributed by atoms with Gasteiger partial charge in [-0.05, 0) is 19.8 Å². The highest BCUT2D eigenvalue weighted by Crippen LogP contribution is 2.39. The predicted octanol–water partition coefficient (Wildman–Crippen LogP) is 1.24. The van der Waals surface area contributed by atoms with E-state index < -0.39 is 6.04 Å². The summed E-state index contributed by atoms with van der Waals surface area (Å²) >= 11 is 0. The summed E-state index contributed by atoms with van der Waals surface area (Å²) in [6.07, 6.45) is 2.06. The van der Waals surface area contributed by atoms with Crippen molar-refractivity contribution >= 4 is 11.9 Å². The highest BCUT2D eigenvalue weighted by Gasteiger charge is 2.48. The molecule has 1 atom stereocenters. The Morgan fingerprint density at radius 3 is 2.53 bits per heavy atom. The molecule has 1 aliphatic heterocycles. The van der Waals surface area contributed by atoms with Gasteiger partial charge < -0.3 is 10.1 Å². The van der Waals surface area contributed by atoms with Crippen LogP contribution >= 0.6 is 0 Å². The van der Waals surface area contributed by atoms with E-state index in [1.807, 2.05) is 13.8 Å². The quantitative estimate of drug-likeness (QED) is 0.715. The molecular weight excluding hydrogens is 194 g/mol. The summed E-state index contributed by atoms with van der Waals surface area (Å²) in [6.45, 7) is 6.15. The van der Waals surface area contributed by atoms with Crippen molar-refractivity contribution in [3.05, 3.63) is 0 Å². The summed E-state index contributed by atoms with van der Waals surface area (Å²) in [5.41, 5.74) is -0.247. The third-order valence-electron chi connectivity index (χ3n) is 3.36. The van der Waals surface area contributed by atoms with Crippen LogP contribution in [-0.2, 0) is 14.3 Å². The number of amides is 1. The highest BCUT2D eigenvalue weighted by molar-refractivity contribution is 5.89. The Morgan fingerprint density at radius 2 is 2.07 bits per heavy atom. The van der Waals surface area contributed by atoms with E-state index in [0.717, 1.165) is 12.8 Å². The Bertz CT molecular complexity index is 259. The molecule has 0 spiro atoms. The molecule has 0 bridgehead atoms. The average Bonchev–Trinajstić information content (AvgIpc) is 2.56. The van der Waals surface area contributed by atoms with Gasteiger partial charge in [0, 0.05) is 11.8 Å². The Balaban J connectivity index is 2.85. The molecule has 86 valence electrons. The van der Waals surface area contributed by atoms with E-state index in [4.69, 9.17) is 4.74 Å². The fourth-order valence-electron chi connectivity index (χ4n) is 2.23. The molecule has 1 saturated heterocycles. The maximum Gasteiger partial charge on any atom is 0.329 e. The van der Waals surface area contributed by atoms with E-state index in [1.165, 1.54) is 0 Å². The van der Waals surface area contributed by atoms with E-state index in [9.17, 15) is 9.59 Å². The molecule has 0 saturated carbocycles. The van der Waals surface area contributed by atoms with Crippen molar-refractivity contribution in [1.29, 1.82) is 0 Å². The molecule has 4 nitrogen and oxygen atoms in total. The second-order valence-corrected chi connectivity index (χ2v) is 4.00. The summed E-state index contributed by atoms with van der Waals surface area (Å²) < 4.78 is 4.98. The van der Waals surface area contributed by atoms with Crippen LogP contribution in [0.2, 0.25) is 0 Å². The van der Waals surface area contributed by atoms with Crippen LogP contribution in [0.25, 0.3) is 0 Å². The van der Waals surface area contributed by atoms with Crippen molar-refractivity contribution in [3.63, 3.8) is 0 Å². The second-order valence-electron chi connectivity index (χ2n) is 4.00. The van der Waals surface area contributed by atoms with Gasteiger partial charge >= 0.3 is 5.97 Å². The summed E-state index contributed by atoms with van der Waals surface area (Å²) in [5, 5.41) is 2.72. The monoisotopic (exact) mass is 213 g/mol. The second kappa shape index (κ2) is 4.64. The van der Waals surface area contributed by atoms with Gasteiger partial charge in [-0.15, -0.1) is 0 Å². The number of esters is 1. The largest absolute Gasteiger partial charge is 0.464 e. The normalized spacial score (nSPS) is 23.7. The molecule has 0 aliphatic carbocycles. The molecule has 1 unspecified atom stereocenters. The topological polar surface area (TPSA) is 55.4 Å². The SMILES string of the molecule is CCOC(=O)C1NC(=O)CC1(CC)CC. The first-order valence-corrected chi connectivity index (χ1v) is 5.55. The molecule has 1 aliphatic rings. The van der Waals surface area contributed by atoms with Crippen LogP contribution in [0.15, 0.2) is 0 Å². The minimum atomic E-state index is -0.458. The number of hydrogen-bond donors (Lipinski definition) is 1. The Labute approximate surface area is 90.4 Å². The number of carbonyl (C=O) groups excluding carboxylic acids is 2. The average molecular weight is 213 g/mol. The van der Waals surface area contributed by atoms with Gasteiger partial charge in [-0.2, -0.15) is 0 Å². The van der Waals surface area contributed by atoms with Crippen molar-refractivity contribution in [2.24, 2.45) is 5.41 Å². The van der Waals surface area contributed by atoms with E-state index in [0.29, 0.717) is 13.0 Å². The number of rotatable bonds is 4. The molecule has 1 amide bonds. The Kier molecular flexibility index (Phi) is 3.72. The lowest BCUT2D eigenvalue weighted by Crippen LogP contribution is -2.44. The standard InChI is InChI=1S/C11H19NO3/c1-4-11(5-2)7-8(13)12-9(11)10(14)15-6-3/h9H,4-7H2,1-3H3,(H,12,13).